The molecule has 2 unspecified atom stereocenters. The lowest BCUT2D eigenvalue weighted by atomic mass is 9.98. The number of aliphatic carboxylic acids is 1. The number of rotatable bonds is 5. The molecule has 31 heavy (non-hydrogen) atoms. The first-order valence-electron chi connectivity index (χ1n) is 10.6. The second kappa shape index (κ2) is 8.45. The molecule has 0 aliphatic carbocycles. The van der Waals surface area contributed by atoms with E-state index in [2.05, 4.69) is 48.0 Å². The van der Waals surface area contributed by atoms with Gasteiger partial charge in [-0.05, 0) is 55.3 Å². The van der Waals surface area contributed by atoms with Crippen LogP contribution in [0.3, 0.4) is 0 Å². The third-order valence-corrected chi connectivity index (χ3v) is 6.19. The molecule has 8 heteroatoms. The van der Waals surface area contributed by atoms with Gasteiger partial charge in [0.25, 0.3) is 0 Å². The lowest BCUT2D eigenvalue weighted by molar-refractivity contribution is -0.141. The van der Waals surface area contributed by atoms with Crippen LogP contribution in [0, 0.1) is 5.92 Å². The van der Waals surface area contributed by atoms with Gasteiger partial charge in [0.1, 0.15) is 0 Å². The second-order valence-corrected chi connectivity index (χ2v) is 8.49. The number of carbonyl (C=O) groups is 1. The van der Waals surface area contributed by atoms with Gasteiger partial charge in [-0.1, -0.05) is 0 Å². The SMILES string of the molecule is CN(C)c1ccc2c(c1)N(C)C(N=Nc1ccc(N3CCCC(C(=O)O)C3)cc1)N2C. The Bertz CT molecular complexity index is 975. The zero-order chi connectivity index (χ0) is 22.1. The molecule has 0 radical (unpaired) electrons. The predicted molar refractivity (Wildman–Crippen MR) is 125 cm³/mol. The van der Waals surface area contributed by atoms with Crippen LogP contribution in [0.15, 0.2) is 52.7 Å². The number of benzene rings is 2. The molecule has 2 atom stereocenters. The molecule has 0 spiro atoms. The van der Waals surface area contributed by atoms with E-state index in [1.165, 1.54) is 0 Å². The van der Waals surface area contributed by atoms with Crippen molar-refractivity contribution in [2.45, 2.75) is 19.1 Å². The molecule has 2 aliphatic heterocycles. The first-order valence-corrected chi connectivity index (χ1v) is 10.6. The summed E-state index contributed by atoms with van der Waals surface area (Å²) in [5.41, 5.74) is 5.22. The molecule has 2 heterocycles. The van der Waals surface area contributed by atoms with Crippen LogP contribution in [-0.2, 0) is 4.79 Å². The van der Waals surface area contributed by atoms with Gasteiger partial charge >= 0.3 is 5.97 Å². The molecule has 2 aliphatic rings. The van der Waals surface area contributed by atoms with Crippen molar-refractivity contribution in [2.24, 2.45) is 16.1 Å². The molecular formula is C23H30N6O2. The standard InChI is InChI=1S/C23H30N6O2/c1-26(2)19-11-12-20-21(14-19)28(4)23(27(20)3)25-24-17-7-9-18(10-8-17)29-13-5-6-16(15-29)22(30)31/h7-12,14,16,23H,5-6,13,15H2,1-4H3,(H,30,31). The Morgan fingerprint density at radius 1 is 1.06 bits per heavy atom. The van der Waals surface area contributed by atoms with Gasteiger partial charge in [0.05, 0.1) is 23.0 Å². The normalized spacial score (nSPS) is 21.0. The largest absolute Gasteiger partial charge is 0.481 e. The topological polar surface area (TPSA) is 75.0 Å². The third kappa shape index (κ3) is 4.15. The van der Waals surface area contributed by atoms with Crippen molar-refractivity contribution < 1.29 is 9.90 Å². The van der Waals surface area contributed by atoms with E-state index in [0.717, 1.165) is 47.8 Å². The minimum Gasteiger partial charge on any atom is -0.481 e. The van der Waals surface area contributed by atoms with E-state index in [0.29, 0.717) is 6.54 Å². The highest BCUT2D eigenvalue weighted by Crippen LogP contribution is 2.40. The van der Waals surface area contributed by atoms with Gasteiger partial charge in [0, 0.05) is 52.7 Å². The van der Waals surface area contributed by atoms with Crippen molar-refractivity contribution in [1.29, 1.82) is 0 Å². The van der Waals surface area contributed by atoms with E-state index in [9.17, 15) is 9.90 Å². The van der Waals surface area contributed by atoms with Gasteiger partial charge in [-0.25, -0.2) is 0 Å². The highest BCUT2D eigenvalue weighted by molar-refractivity contribution is 5.80. The van der Waals surface area contributed by atoms with Gasteiger partial charge in [0.2, 0.25) is 6.29 Å². The number of anilines is 4. The quantitative estimate of drug-likeness (QED) is 0.734. The fourth-order valence-electron chi connectivity index (χ4n) is 4.30. The zero-order valence-electron chi connectivity index (χ0n) is 18.6. The number of carboxylic acids is 1. The van der Waals surface area contributed by atoms with Gasteiger partial charge in [0.15, 0.2) is 0 Å². The summed E-state index contributed by atoms with van der Waals surface area (Å²) in [5.74, 6) is -1.00. The second-order valence-electron chi connectivity index (χ2n) is 8.49. The van der Waals surface area contributed by atoms with Crippen LogP contribution in [-0.4, -0.2) is 58.6 Å². The monoisotopic (exact) mass is 422 g/mol. The third-order valence-electron chi connectivity index (χ3n) is 6.19. The maximum Gasteiger partial charge on any atom is 0.308 e. The molecule has 2 aromatic carbocycles. The van der Waals surface area contributed by atoms with Gasteiger partial charge in [-0.2, -0.15) is 5.11 Å². The molecule has 0 amide bonds. The summed E-state index contributed by atoms with van der Waals surface area (Å²) < 4.78 is 0. The number of hydrogen-bond acceptors (Lipinski definition) is 7. The molecule has 8 nitrogen and oxygen atoms in total. The summed E-state index contributed by atoms with van der Waals surface area (Å²) in [7, 11) is 8.13. The van der Waals surface area contributed by atoms with Gasteiger partial charge in [-0.15, -0.1) is 5.11 Å². The molecule has 1 fully saturated rings. The lowest BCUT2D eigenvalue weighted by Crippen LogP contribution is -2.38. The minimum atomic E-state index is -0.710. The van der Waals surface area contributed by atoms with Crippen LogP contribution in [0.25, 0.3) is 0 Å². The molecule has 164 valence electrons. The summed E-state index contributed by atoms with van der Waals surface area (Å²) >= 11 is 0. The highest BCUT2D eigenvalue weighted by atomic mass is 16.4. The fraction of sp³-hybridized carbons (Fsp3) is 0.435. The Kier molecular flexibility index (Phi) is 5.71. The van der Waals surface area contributed by atoms with Crippen molar-refractivity contribution in [2.75, 3.05) is 60.9 Å². The van der Waals surface area contributed by atoms with E-state index in [-0.39, 0.29) is 12.2 Å². The van der Waals surface area contributed by atoms with Crippen molar-refractivity contribution in [3.8, 4) is 0 Å². The number of fused-ring (bicyclic) bond motifs is 1. The summed E-state index contributed by atoms with van der Waals surface area (Å²) in [6.45, 7) is 1.44. The van der Waals surface area contributed by atoms with Crippen LogP contribution >= 0.6 is 0 Å². The lowest BCUT2D eigenvalue weighted by Gasteiger charge is -2.32. The van der Waals surface area contributed by atoms with Crippen LogP contribution < -0.4 is 19.6 Å². The minimum absolute atomic E-state index is 0.203. The van der Waals surface area contributed by atoms with E-state index in [4.69, 9.17) is 0 Å². The zero-order valence-corrected chi connectivity index (χ0v) is 18.6. The number of carboxylic acid groups (broad SMARTS) is 1. The average Bonchev–Trinajstić information content (AvgIpc) is 3.02. The maximum absolute atomic E-state index is 11.3. The van der Waals surface area contributed by atoms with Crippen LogP contribution in [0.2, 0.25) is 0 Å². The first-order chi connectivity index (χ1) is 14.8. The van der Waals surface area contributed by atoms with Crippen LogP contribution in [0.5, 0.6) is 0 Å². The molecular weight excluding hydrogens is 392 g/mol. The summed E-state index contributed by atoms with van der Waals surface area (Å²) in [6, 6.07) is 14.3. The number of piperidine rings is 1. The van der Waals surface area contributed by atoms with E-state index < -0.39 is 5.97 Å². The summed E-state index contributed by atoms with van der Waals surface area (Å²) in [5, 5.41) is 18.4. The molecule has 1 N–H and O–H groups in total. The Morgan fingerprint density at radius 3 is 2.45 bits per heavy atom. The first kappa shape index (κ1) is 21.0. The van der Waals surface area contributed by atoms with Crippen molar-refractivity contribution >= 4 is 34.4 Å². The smallest absolute Gasteiger partial charge is 0.308 e. The average molecular weight is 423 g/mol. The van der Waals surface area contributed by atoms with Crippen LogP contribution in [0.1, 0.15) is 12.8 Å². The Labute approximate surface area is 183 Å². The molecule has 0 aromatic heterocycles. The van der Waals surface area contributed by atoms with Crippen molar-refractivity contribution in [3.63, 3.8) is 0 Å². The predicted octanol–water partition coefficient (Wildman–Crippen LogP) is 4.01. The van der Waals surface area contributed by atoms with E-state index >= 15 is 0 Å². The number of azo groups is 1. The van der Waals surface area contributed by atoms with Crippen LogP contribution in [0.4, 0.5) is 28.4 Å². The molecule has 2 aromatic rings. The van der Waals surface area contributed by atoms with Gasteiger partial charge < -0.3 is 24.7 Å². The highest BCUT2D eigenvalue weighted by Gasteiger charge is 2.31. The molecule has 0 saturated carbocycles. The number of nitrogens with zero attached hydrogens (tertiary/aromatic N) is 6. The number of hydrogen-bond donors (Lipinski definition) is 1. The Balaban J connectivity index is 1.46. The molecule has 1 saturated heterocycles. The van der Waals surface area contributed by atoms with E-state index in [1.54, 1.807) is 0 Å². The van der Waals surface area contributed by atoms with Gasteiger partial charge in [-0.3, -0.25) is 4.79 Å². The fourth-order valence-corrected chi connectivity index (χ4v) is 4.30. The van der Waals surface area contributed by atoms with E-state index in [1.807, 2.05) is 52.5 Å². The summed E-state index contributed by atoms with van der Waals surface area (Å²) in [6.07, 6.45) is 1.44. The maximum atomic E-state index is 11.3. The Morgan fingerprint density at radius 2 is 1.77 bits per heavy atom. The van der Waals surface area contributed by atoms with Crippen molar-refractivity contribution in [1.82, 2.24) is 0 Å². The molecule has 4 rings (SSSR count). The Hall–Kier alpha value is -3.29. The molecule has 0 bridgehead atoms. The van der Waals surface area contributed by atoms with Crippen molar-refractivity contribution in [3.05, 3.63) is 42.5 Å². The summed E-state index contributed by atoms with van der Waals surface area (Å²) in [4.78, 5) is 19.8.